The van der Waals surface area contributed by atoms with Crippen molar-refractivity contribution >= 4 is 5.91 Å². The predicted molar refractivity (Wildman–Crippen MR) is 82.7 cm³/mol. The second kappa shape index (κ2) is 6.22. The molecule has 0 N–H and O–H groups in total. The first-order valence-corrected chi connectivity index (χ1v) is 8.44. The highest BCUT2D eigenvalue weighted by atomic mass is 16.5. The Labute approximate surface area is 136 Å². The normalized spacial score (nSPS) is 31.5. The van der Waals surface area contributed by atoms with E-state index in [1.807, 2.05) is 22.8 Å². The number of nitrogens with zero attached hydrogens (tertiary/aromatic N) is 4. The largest absolute Gasteiger partial charge is 0.378 e. The maximum Gasteiger partial charge on any atom is 0.251 e. The first kappa shape index (κ1) is 15.1. The van der Waals surface area contributed by atoms with Crippen LogP contribution in [-0.4, -0.2) is 76.6 Å². The molecule has 3 aliphatic heterocycles. The third kappa shape index (κ3) is 3.00. The standard InChI is InChI=1S/C16H24N4O3/c1-18-10-12(9-17-18)11-20-3-2-14-13(20)8-15(23-14)16(21)19-4-6-22-7-5-19/h9-10,13-15H,2-8,11H2,1H3/t13-,14-,15+/m0/s1. The summed E-state index contributed by atoms with van der Waals surface area (Å²) < 4.78 is 13.2. The molecule has 126 valence electrons. The number of hydrogen-bond acceptors (Lipinski definition) is 5. The molecule has 4 heterocycles. The van der Waals surface area contributed by atoms with Crippen LogP contribution in [0.2, 0.25) is 0 Å². The van der Waals surface area contributed by atoms with Gasteiger partial charge in [0.05, 0.1) is 25.5 Å². The monoisotopic (exact) mass is 320 g/mol. The van der Waals surface area contributed by atoms with Gasteiger partial charge in [-0.15, -0.1) is 0 Å². The molecule has 23 heavy (non-hydrogen) atoms. The van der Waals surface area contributed by atoms with Crippen molar-refractivity contribution in [3.8, 4) is 0 Å². The van der Waals surface area contributed by atoms with Crippen molar-refractivity contribution in [2.24, 2.45) is 7.05 Å². The molecule has 0 aliphatic carbocycles. The number of hydrogen-bond donors (Lipinski definition) is 0. The number of ether oxygens (including phenoxy) is 2. The molecule has 1 amide bonds. The number of fused-ring (bicyclic) bond motifs is 1. The molecular formula is C16H24N4O3. The van der Waals surface area contributed by atoms with Gasteiger partial charge >= 0.3 is 0 Å². The number of likely N-dealkylation sites (tertiary alicyclic amines) is 1. The number of amides is 1. The van der Waals surface area contributed by atoms with Crippen LogP contribution in [0, 0.1) is 0 Å². The maximum absolute atomic E-state index is 12.6. The average molecular weight is 320 g/mol. The Balaban J connectivity index is 1.37. The Morgan fingerprint density at radius 3 is 2.91 bits per heavy atom. The highest BCUT2D eigenvalue weighted by Crippen LogP contribution is 2.34. The highest BCUT2D eigenvalue weighted by Gasteiger charge is 2.46. The van der Waals surface area contributed by atoms with E-state index in [1.165, 1.54) is 5.56 Å². The van der Waals surface area contributed by atoms with E-state index in [1.54, 1.807) is 0 Å². The van der Waals surface area contributed by atoms with E-state index in [9.17, 15) is 4.79 Å². The molecule has 0 spiro atoms. The van der Waals surface area contributed by atoms with Crippen molar-refractivity contribution in [2.45, 2.75) is 37.6 Å². The summed E-state index contributed by atoms with van der Waals surface area (Å²) in [5, 5.41) is 4.23. The van der Waals surface area contributed by atoms with Crippen molar-refractivity contribution < 1.29 is 14.3 Å². The minimum absolute atomic E-state index is 0.143. The molecule has 3 saturated heterocycles. The van der Waals surface area contributed by atoms with Gasteiger partial charge in [0.25, 0.3) is 5.91 Å². The number of carbonyl (C=O) groups excluding carboxylic acids is 1. The summed E-state index contributed by atoms with van der Waals surface area (Å²) in [6.45, 7) is 4.57. The van der Waals surface area contributed by atoms with Gasteiger partial charge in [-0.3, -0.25) is 14.4 Å². The van der Waals surface area contributed by atoms with Gasteiger partial charge in [-0.05, 0) is 6.42 Å². The van der Waals surface area contributed by atoms with Crippen LogP contribution < -0.4 is 0 Å². The summed E-state index contributed by atoms with van der Waals surface area (Å²) in [7, 11) is 1.94. The molecule has 0 unspecified atom stereocenters. The van der Waals surface area contributed by atoms with Crippen LogP contribution in [0.4, 0.5) is 0 Å². The summed E-state index contributed by atoms with van der Waals surface area (Å²) in [4.78, 5) is 16.9. The zero-order valence-electron chi connectivity index (χ0n) is 13.6. The van der Waals surface area contributed by atoms with E-state index >= 15 is 0 Å². The van der Waals surface area contributed by atoms with Gasteiger partial charge < -0.3 is 14.4 Å². The summed E-state index contributed by atoms with van der Waals surface area (Å²) in [5.41, 5.74) is 1.22. The molecule has 4 rings (SSSR count). The first-order valence-electron chi connectivity index (χ1n) is 8.44. The van der Waals surface area contributed by atoms with Crippen molar-refractivity contribution in [1.82, 2.24) is 19.6 Å². The summed E-state index contributed by atoms with van der Waals surface area (Å²) in [5.74, 6) is 0.143. The highest BCUT2D eigenvalue weighted by molar-refractivity contribution is 5.81. The molecule has 1 aromatic heterocycles. The number of carbonyl (C=O) groups is 1. The van der Waals surface area contributed by atoms with Crippen molar-refractivity contribution in [3.63, 3.8) is 0 Å². The number of aromatic nitrogens is 2. The van der Waals surface area contributed by atoms with Crippen LogP contribution in [0.5, 0.6) is 0 Å². The van der Waals surface area contributed by atoms with Gasteiger partial charge in [0, 0.05) is 57.4 Å². The van der Waals surface area contributed by atoms with E-state index in [4.69, 9.17) is 9.47 Å². The lowest BCUT2D eigenvalue weighted by molar-refractivity contribution is -0.146. The van der Waals surface area contributed by atoms with Gasteiger partial charge in [0.2, 0.25) is 0 Å². The minimum Gasteiger partial charge on any atom is -0.378 e. The summed E-state index contributed by atoms with van der Waals surface area (Å²) in [6.07, 6.45) is 5.71. The molecule has 3 fully saturated rings. The molecule has 7 nitrogen and oxygen atoms in total. The zero-order chi connectivity index (χ0) is 15.8. The Bertz CT molecular complexity index is 569. The second-order valence-corrected chi connectivity index (χ2v) is 6.69. The Hall–Kier alpha value is -1.44. The van der Waals surface area contributed by atoms with Gasteiger partial charge in [-0.2, -0.15) is 5.10 Å². The Kier molecular flexibility index (Phi) is 4.09. The molecule has 0 bridgehead atoms. The quantitative estimate of drug-likeness (QED) is 0.785. The van der Waals surface area contributed by atoms with E-state index in [2.05, 4.69) is 16.2 Å². The van der Waals surface area contributed by atoms with Gasteiger partial charge in [-0.25, -0.2) is 0 Å². The number of rotatable bonds is 3. The molecule has 7 heteroatoms. The summed E-state index contributed by atoms with van der Waals surface area (Å²) >= 11 is 0. The van der Waals surface area contributed by atoms with Crippen LogP contribution in [0.15, 0.2) is 12.4 Å². The van der Waals surface area contributed by atoms with E-state index in [-0.39, 0.29) is 18.1 Å². The SMILES string of the molecule is Cn1cc(CN2CC[C@@H]3O[C@@H](C(=O)N4CCOCC4)C[C@@H]32)cn1. The fourth-order valence-corrected chi connectivity index (χ4v) is 3.96. The van der Waals surface area contributed by atoms with E-state index in [0.29, 0.717) is 32.3 Å². The van der Waals surface area contributed by atoms with Crippen LogP contribution in [0.3, 0.4) is 0 Å². The van der Waals surface area contributed by atoms with Crippen molar-refractivity contribution in [1.29, 1.82) is 0 Å². The molecule has 3 aliphatic rings. The second-order valence-electron chi connectivity index (χ2n) is 6.69. The van der Waals surface area contributed by atoms with Crippen LogP contribution in [0.1, 0.15) is 18.4 Å². The number of morpholine rings is 1. The Morgan fingerprint density at radius 2 is 2.17 bits per heavy atom. The van der Waals surface area contributed by atoms with Crippen LogP contribution in [-0.2, 0) is 27.9 Å². The lowest BCUT2D eigenvalue weighted by Crippen LogP contribution is -2.46. The smallest absolute Gasteiger partial charge is 0.251 e. The van der Waals surface area contributed by atoms with Crippen molar-refractivity contribution in [3.05, 3.63) is 18.0 Å². The van der Waals surface area contributed by atoms with E-state index in [0.717, 1.165) is 25.9 Å². The topological polar surface area (TPSA) is 59.8 Å². The molecule has 1 aromatic rings. The van der Waals surface area contributed by atoms with E-state index < -0.39 is 0 Å². The van der Waals surface area contributed by atoms with Gasteiger partial charge in [0.15, 0.2) is 0 Å². The third-order valence-electron chi connectivity index (χ3n) is 5.14. The molecule has 3 atom stereocenters. The lowest BCUT2D eigenvalue weighted by Gasteiger charge is -2.29. The first-order chi connectivity index (χ1) is 11.2. The molecular weight excluding hydrogens is 296 g/mol. The van der Waals surface area contributed by atoms with Gasteiger partial charge in [-0.1, -0.05) is 0 Å². The predicted octanol–water partition coefficient (Wildman–Crippen LogP) is 0.0107. The molecule has 0 aromatic carbocycles. The lowest BCUT2D eigenvalue weighted by atomic mass is 10.1. The molecule has 0 radical (unpaired) electrons. The minimum atomic E-state index is -0.278. The molecule has 0 saturated carbocycles. The summed E-state index contributed by atoms with van der Waals surface area (Å²) in [6, 6.07) is 0.352. The van der Waals surface area contributed by atoms with Crippen molar-refractivity contribution in [2.75, 3.05) is 32.8 Å². The van der Waals surface area contributed by atoms with Crippen LogP contribution >= 0.6 is 0 Å². The number of aryl methyl sites for hydroxylation is 1. The Morgan fingerprint density at radius 1 is 1.35 bits per heavy atom. The average Bonchev–Trinajstić information content (AvgIpc) is 3.25. The fourth-order valence-electron chi connectivity index (χ4n) is 3.96. The maximum atomic E-state index is 12.6. The third-order valence-corrected chi connectivity index (χ3v) is 5.14. The van der Waals surface area contributed by atoms with Gasteiger partial charge in [0.1, 0.15) is 6.10 Å². The van der Waals surface area contributed by atoms with Crippen LogP contribution in [0.25, 0.3) is 0 Å². The fraction of sp³-hybridized carbons (Fsp3) is 0.750. The zero-order valence-corrected chi connectivity index (χ0v) is 13.6.